The molecule has 5 heteroatoms. The van der Waals surface area contributed by atoms with Crippen molar-refractivity contribution in [2.24, 2.45) is 0 Å². The molecule has 12 rings (SSSR count). The molecule has 9 aromatic carbocycles. The van der Waals surface area contributed by atoms with Crippen LogP contribution in [-0.4, -0.2) is 25.3 Å². The number of benzene rings is 9. The Labute approximate surface area is 346 Å². The number of rotatable bonds is 5. The average Bonchev–Trinajstić information content (AvgIpc) is 3.75. The van der Waals surface area contributed by atoms with Crippen molar-refractivity contribution >= 4 is 59.9 Å². The summed E-state index contributed by atoms with van der Waals surface area (Å²) < 4.78 is 2.20. The van der Waals surface area contributed by atoms with Crippen LogP contribution in [0.2, 0.25) is 0 Å². The van der Waals surface area contributed by atoms with Gasteiger partial charge in [-0.2, -0.15) is 9.97 Å². The smallest absolute Gasteiger partial charge is 0.238 e. The van der Waals surface area contributed by atoms with Gasteiger partial charge in [0.2, 0.25) is 5.95 Å². The summed E-state index contributed by atoms with van der Waals surface area (Å²) in [4.78, 5) is 30.6. The fourth-order valence-corrected chi connectivity index (χ4v) is 9.67. The van der Waals surface area contributed by atoms with E-state index in [1.165, 1.54) is 22.3 Å². The van der Waals surface area contributed by atoms with Gasteiger partial charge in [-0.05, 0) is 72.8 Å². The molecule has 0 saturated heterocycles. The molecule has 1 aliphatic carbocycles. The zero-order valence-corrected chi connectivity index (χ0v) is 33.0. The molecule has 0 fully saturated rings. The van der Waals surface area contributed by atoms with Crippen LogP contribution in [0.25, 0.3) is 94.0 Å². The maximum absolute atomic E-state index is 14.6. The number of fused-ring (bicyclic) bond motifs is 10. The lowest BCUT2D eigenvalue weighted by Crippen LogP contribution is -2.17. The second-order valence-corrected chi connectivity index (χ2v) is 16.4. The predicted molar refractivity (Wildman–Crippen MR) is 245 cm³/mol. The lowest BCUT2D eigenvalue weighted by molar-refractivity contribution is 0.104. The third-order valence-electron chi connectivity index (χ3n) is 12.6. The summed E-state index contributed by atoms with van der Waals surface area (Å²) in [5.41, 5.74) is 9.51. The minimum absolute atomic E-state index is 0.0344. The van der Waals surface area contributed by atoms with Crippen molar-refractivity contribution in [3.05, 3.63) is 204 Å². The first-order valence-corrected chi connectivity index (χ1v) is 20.4. The molecule has 60 heavy (non-hydrogen) atoms. The Kier molecular flexibility index (Phi) is 7.36. The highest BCUT2D eigenvalue weighted by Gasteiger charge is 2.39. The van der Waals surface area contributed by atoms with E-state index in [0.29, 0.717) is 28.7 Å². The second-order valence-electron chi connectivity index (χ2n) is 16.4. The highest BCUT2D eigenvalue weighted by atomic mass is 16.1. The van der Waals surface area contributed by atoms with E-state index >= 15 is 0 Å². The zero-order chi connectivity index (χ0) is 40.1. The van der Waals surface area contributed by atoms with E-state index in [0.717, 1.165) is 65.3 Å². The van der Waals surface area contributed by atoms with Crippen molar-refractivity contribution in [1.29, 1.82) is 0 Å². The van der Waals surface area contributed by atoms with E-state index < -0.39 is 0 Å². The number of nitrogens with zero attached hydrogens (tertiary/aromatic N) is 4. The molecule has 0 unspecified atom stereocenters. The predicted octanol–water partition coefficient (Wildman–Crippen LogP) is 13.3. The van der Waals surface area contributed by atoms with E-state index in [-0.39, 0.29) is 11.2 Å². The van der Waals surface area contributed by atoms with Gasteiger partial charge in [0.05, 0.1) is 11.0 Å². The van der Waals surface area contributed by atoms with Gasteiger partial charge in [0.15, 0.2) is 17.4 Å². The number of hydrogen-bond donors (Lipinski definition) is 0. The van der Waals surface area contributed by atoms with Crippen molar-refractivity contribution in [2.45, 2.75) is 19.3 Å². The molecule has 5 nitrogen and oxygen atoms in total. The first-order chi connectivity index (χ1) is 29.4. The summed E-state index contributed by atoms with van der Waals surface area (Å²) in [6.45, 7) is 4.62. The fraction of sp³-hybridized carbons (Fsp3) is 0.0545. The van der Waals surface area contributed by atoms with Gasteiger partial charge in [-0.3, -0.25) is 9.36 Å². The number of carbonyl (C=O) groups is 1. The Hall–Kier alpha value is -7.76. The summed E-state index contributed by atoms with van der Waals surface area (Å²) in [6, 6.07) is 62.8. The summed E-state index contributed by atoms with van der Waals surface area (Å²) >= 11 is 0. The SMILES string of the molecule is CC1(C)c2ccccc2-c2ccc3c4ccc(C(=O)c5cccc6ccccc56)cc4n(-c4nc(-c5ccc6ccccc6c5)nc(-c5ccc6ccccc6c5)n4)c3c21. The van der Waals surface area contributed by atoms with Crippen molar-refractivity contribution in [3.63, 3.8) is 0 Å². The lowest BCUT2D eigenvalue weighted by atomic mass is 9.81. The summed E-state index contributed by atoms with van der Waals surface area (Å²) in [7, 11) is 0. The van der Waals surface area contributed by atoms with Crippen molar-refractivity contribution in [1.82, 2.24) is 19.5 Å². The second kappa shape index (κ2) is 12.9. The average molecular weight is 769 g/mol. The third kappa shape index (κ3) is 5.12. The Balaban J connectivity index is 1.18. The van der Waals surface area contributed by atoms with Crippen LogP contribution in [0.15, 0.2) is 182 Å². The van der Waals surface area contributed by atoms with Gasteiger partial charge < -0.3 is 0 Å². The molecule has 2 heterocycles. The van der Waals surface area contributed by atoms with Gasteiger partial charge >= 0.3 is 0 Å². The van der Waals surface area contributed by atoms with E-state index in [4.69, 9.17) is 15.0 Å². The Morgan fingerprint density at radius 2 is 1.08 bits per heavy atom. The van der Waals surface area contributed by atoms with Crippen molar-refractivity contribution in [2.75, 3.05) is 0 Å². The zero-order valence-electron chi connectivity index (χ0n) is 33.0. The topological polar surface area (TPSA) is 60.7 Å². The quantitative estimate of drug-likeness (QED) is 0.164. The number of carbonyl (C=O) groups excluding carboxylic acids is 1. The van der Waals surface area contributed by atoms with Gasteiger partial charge in [0, 0.05) is 38.4 Å². The van der Waals surface area contributed by atoms with Crippen LogP contribution < -0.4 is 0 Å². The van der Waals surface area contributed by atoms with Crippen LogP contribution in [-0.2, 0) is 5.41 Å². The monoisotopic (exact) mass is 768 g/mol. The van der Waals surface area contributed by atoms with Gasteiger partial charge in [-0.1, -0.05) is 178 Å². The number of hydrogen-bond acceptors (Lipinski definition) is 4. The standard InChI is InChI=1S/C55H36N4O/c1-55(2)47-21-10-9-19-42(47)44-28-29-45-43-27-26-38(51(60)46-20-11-17-35-14-7-8-18-41(35)46)32-48(43)59(50(45)49(44)55)54-57-52(39-24-22-33-12-3-5-15-36(33)30-39)56-53(58-54)40-25-23-34-13-4-6-16-37(34)31-40/h3-32H,1-2H3. The molecular formula is C55H36N4O. The molecule has 0 saturated carbocycles. The molecule has 0 atom stereocenters. The van der Waals surface area contributed by atoms with E-state index in [1.807, 2.05) is 42.5 Å². The van der Waals surface area contributed by atoms with Crippen LogP contribution in [0.5, 0.6) is 0 Å². The minimum Gasteiger partial charge on any atom is -0.289 e. The highest BCUT2D eigenvalue weighted by molar-refractivity contribution is 6.19. The first kappa shape index (κ1) is 34.3. The van der Waals surface area contributed by atoms with E-state index in [1.54, 1.807) is 0 Å². The lowest BCUT2D eigenvalue weighted by Gasteiger charge is -2.23. The maximum atomic E-state index is 14.6. The van der Waals surface area contributed by atoms with Crippen LogP contribution in [0.1, 0.15) is 40.9 Å². The molecule has 0 aliphatic heterocycles. The van der Waals surface area contributed by atoms with E-state index in [9.17, 15) is 4.79 Å². The molecule has 0 radical (unpaired) electrons. The summed E-state index contributed by atoms with van der Waals surface area (Å²) in [5.74, 6) is 1.60. The molecule has 11 aromatic rings. The normalized spacial score (nSPS) is 13.0. The highest BCUT2D eigenvalue weighted by Crippen LogP contribution is 2.53. The third-order valence-corrected chi connectivity index (χ3v) is 12.6. The first-order valence-electron chi connectivity index (χ1n) is 20.4. The van der Waals surface area contributed by atoms with Gasteiger partial charge in [0.1, 0.15) is 0 Å². The number of aromatic nitrogens is 4. The van der Waals surface area contributed by atoms with Gasteiger partial charge in [0.25, 0.3) is 0 Å². The van der Waals surface area contributed by atoms with Crippen molar-refractivity contribution < 1.29 is 4.79 Å². The van der Waals surface area contributed by atoms with Crippen LogP contribution >= 0.6 is 0 Å². The largest absolute Gasteiger partial charge is 0.289 e. The van der Waals surface area contributed by atoms with Crippen LogP contribution in [0, 0.1) is 0 Å². The maximum Gasteiger partial charge on any atom is 0.238 e. The molecule has 0 bridgehead atoms. The molecular weight excluding hydrogens is 733 g/mol. The van der Waals surface area contributed by atoms with Crippen LogP contribution in [0.4, 0.5) is 0 Å². The van der Waals surface area contributed by atoms with Gasteiger partial charge in [-0.25, -0.2) is 4.98 Å². The molecule has 0 spiro atoms. The van der Waals surface area contributed by atoms with Crippen molar-refractivity contribution in [3.8, 4) is 39.9 Å². The molecule has 2 aromatic heterocycles. The van der Waals surface area contributed by atoms with Gasteiger partial charge in [-0.15, -0.1) is 0 Å². The molecule has 282 valence electrons. The Bertz CT molecular complexity index is 3510. The molecule has 0 N–H and O–H groups in total. The molecule has 1 aliphatic rings. The summed E-state index contributed by atoms with van der Waals surface area (Å²) in [5, 5.41) is 8.57. The minimum atomic E-state index is -0.339. The molecule has 0 amide bonds. The Morgan fingerprint density at radius 1 is 0.483 bits per heavy atom. The fourth-order valence-electron chi connectivity index (χ4n) is 9.67. The van der Waals surface area contributed by atoms with Crippen LogP contribution in [0.3, 0.4) is 0 Å². The van der Waals surface area contributed by atoms with E-state index in [2.05, 4.69) is 158 Å². The number of ketones is 1. The Morgan fingerprint density at radius 3 is 1.80 bits per heavy atom. The summed E-state index contributed by atoms with van der Waals surface area (Å²) in [6.07, 6.45) is 0.